The van der Waals surface area contributed by atoms with Gasteiger partial charge in [-0.25, -0.2) is 14.1 Å². The number of ether oxygens (including phenoxy) is 1. The highest BCUT2D eigenvalue weighted by Gasteiger charge is 2.53. The Bertz CT molecular complexity index is 1550. The van der Waals surface area contributed by atoms with Crippen LogP contribution in [0.1, 0.15) is 50.1 Å². The Balaban J connectivity index is 1.56. The number of hydrogen-bond donors (Lipinski definition) is 3. The Kier molecular flexibility index (Phi) is 8.94. The van der Waals surface area contributed by atoms with Gasteiger partial charge in [0.05, 0.1) is 6.04 Å². The van der Waals surface area contributed by atoms with Gasteiger partial charge in [-0.15, -0.1) is 11.3 Å². The smallest absolute Gasteiger partial charge is 0.362 e. The molecule has 1 fully saturated rings. The molecule has 1 aliphatic rings. The number of anilines is 1. The maximum Gasteiger partial charge on any atom is 0.362 e. The number of nitrogens with one attached hydrogen (secondary N) is 1. The van der Waals surface area contributed by atoms with Gasteiger partial charge in [-0.3, -0.25) is 14.1 Å². The van der Waals surface area contributed by atoms with Gasteiger partial charge in [-0.05, 0) is 31.4 Å². The molecule has 0 aliphatic carbocycles. The number of thiazole rings is 1. The second-order valence-electron chi connectivity index (χ2n) is 9.76. The highest BCUT2D eigenvalue weighted by Crippen LogP contribution is 2.29. The standard InChI is InChI=1S/C27H29N5O8S2/c1-4-19-21(24(34)32(19)42(36,37)38)30-23(33)20(18-15-41-26(28)29-18)31-40-27(2,3)25(35)39-22(16-11-7-5-8-12-16)17-13-9-6-10-14-17/h5-15,19,21-22H,4H2,1-3H3,(H2,28,29)(H,30,33)(H,36,37,38)/t19-,21-/m1/s1. The third-order valence-corrected chi connectivity index (χ3v) is 8.01. The van der Waals surface area contributed by atoms with E-state index in [9.17, 15) is 27.4 Å². The van der Waals surface area contributed by atoms with Crippen molar-refractivity contribution in [1.29, 1.82) is 0 Å². The zero-order valence-corrected chi connectivity index (χ0v) is 24.5. The molecular formula is C27H29N5O8S2. The predicted octanol–water partition coefficient (Wildman–Crippen LogP) is 2.47. The molecule has 2 heterocycles. The molecule has 1 aromatic heterocycles. The molecule has 1 saturated heterocycles. The minimum atomic E-state index is -4.80. The van der Waals surface area contributed by atoms with Crippen LogP contribution in [0.15, 0.2) is 71.2 Å². The van der Waals surface area contributed by atoms with Gasteiger partial charge in [0.1, 0.15) is 11.7 Å². The Labute approximate surface area is 246 Å². The van der Waals surface area contributed by atoms with Gasteiger partial charge >= 0.3 is 16.3 Å². The summed E-state index contributed by atoms with van der Waals surface area (Å²) < 4.78 is 38.6. The van der Waals surface area contributed by atoms with Crippen LogP contribution >= 0.6 is 11.3 Å². The van der Waals surface area contributed by atoms with Crippen LogP contribution in [0.25, 0.3) is 0 Å². The number of oxime groups is 1. The first-order valence-corrected chi connectivity index (χ1v) is 15.0. The molecule has 1 aliphatic heterocycles. The number of carbonyl (C=O) groups excluding carboxylic acids is 3. The molecule has 0 radical (unpaired) electrons. The number of carbonyl (C=O) groups is 3. The van der Waals surface area contributed by atoms with Gasteiger partial charge in [-0.2, -0.15) is 8.42 Å². The highest BCUT2D eigenvalue weighted by atomic mass is 32.2. The Morgan fingerprint density at radius 2 is 1.71 bits per heavy atom. The fraction of sp³-hybridized carbons (Fsp3) is 0.296. The molecular weight excluding hydrogens is 586 g/mol. The minimum absolute atomic E-state index is 0.00271. The lowest BCUT2D eigenvalue weighted by Crippen LogP contribution is -2.72. The molecule has 2 aromatic carbocycles. The number of nitrogen functional groups attached to an aromatic ring is 1. The molecule has 3 aromatic rings. The van der Waals surface area contributed by atoms with E-state index >= 15 is 0 Å². The van der Waals surface area contributed by atoms with E-state index in [1.807, 2.05) is 60.7 Å². The van der Waals surface area contributed by atoms with Crippen molar-refractivity contribution in [3.05, 3.63) is 82.9 Å². The lowest BCUT2D eigenvalue weighted by atomic mass is 9.96. The molecule has 2 atom stereocenters. The van der Waals surface area contributed by atoms with E-state index in [1.54, 1.807) is 6.92 Å². The number of benzene rings is 2. The number of β-lactam (4-membered cyclic amide) rings is 1. The molecule has 0 saturated carbocycles. The molecule has 42 heavy (non-hydrogen) atoms. The predicted molar refractivity (Wildman–Crippen MR) is 153 cm³/mol. The van der Waals surface area contributed by atoms with Crippen LogP contribution in [0.4, 0.5) is 5.13 Å². The molecule has 0 unspecified atom stereocenters. The van der Waals surface area contributed by atoms with Crippen molar-refractivity contribution < 1.29 is 36.9 Å². The topological polar surface area (TPSA) is 191 Å². The molecule has 0 spiro atoms. The van der Waals surface area contributed by atoms with Crippen molar-refractivity contribution in [2.24, 2.45) is 5.16 Å². The van der Waals surface area contributed by atoms with Crippen LogP contribution in [0, 0.1) is 0 Å². The normalized spacial score (nSPS) is 17.5. The summed E-state index contributed by atoms with van der Waals surface area (Å²) in [5, 5.41) is 7.85. The number of esters is 1. The second kappa shape index (κ2) is 12.3. The lowest BCUT2D eigenvalue weighted by molar-refractivity contribution is -0.172. The van der Waals surface area contributed by atoms with E-state index in [1.165, 1.54) is 19.2 Å². The first-order chi connectivity index (χ1) is 19.8. The van der Waals surface area contributed by atoms with Gasteiger partial charge in [0, 0.05) is 5.38 Å². The van der Waals surface area contributed by atoms with Gasteiger partial charge < -0.3 is 20.6 Å². The fourth-order valence-corrected chi connectivity index (χ4v) is 5.70. The largest absolute Gasteiger partial charge is 0.450 e. The molecule has 222 valence electrons. The van der Waals surface area contributed by atoms with E-state index in [4.69, 9.17) is 15.3 Å². The molecule has 0 bridgehead atoms. The number of rotatable bonds is 11. The number of nitrogens with two attached hydrogens (primary N) is 1. The van der Waals surface area contributed by atoms with E-state index in [0.717, 1.165) is 22.5 Å². The van der Waals surface area contributed by atoms with E-state index in [2.05, 4.69) is 15.5 Å². The van der Waals surface area contributed by atoms with E-state index < -0.39 is 57.6 Å². The SMILES string of the molecule is CC[C@@H]1[C@@H](NC(=O)C(=NOC(C)(C)C(=O)OC(c2ccccc2)c2ccccc2)c2csc(N)n2)C(=O)N1S(=O)(=O)O. The summed E-state index contributed by atoms with van der Waals surface area (Å²) >= 11 is 1.01. The van der Waals surface area contributed by atoms with Gasteiger partial charge in [0.25, 0.3) is 11.8 Å². The summed E-state index contributed by atoms with van der Waals surface area (Å²) in [6.07, 6.45) is -0.638. The Morgan fingerprint density at radius 1 is 1.14 bits per heavy atom. The number of nitrogens with zero attached hydrogens (tertiary/aromatic N) is 3. The van der Waals surface area contributed by atoms with Crippen molar-refractivity contribution in [2.75, 3.05) is 5.73 Å². The summed E-state index contributed by atoms with van der Waals surface area (Å²) in [7, 11) is -4.80. The van der Waals surface area contributed by atoms with Crippen molar-refractivity contribution >= 4 is 50.3 Å². The van der Waals surface area contributed by atoms with Crippen LogP contribution in [0.5, 0.6) is 0 Å². The number of aromatic nitrogens is 1. The first-order valence-electron chi connectivity index (χ1n) is 12.7. The summed E-state index contributed by atoms with van der Waals surface area (Å²) in [5.41, 5.74) is 5.07. The zero-order valence-electron chi connectivity index (χ0n) is 22.8. The third-order valence-electron chi connectivity index (χ3n) is 6.39. The maximum atomic E-state index is 13.4. The first kappa shape index (κ1) is 30.6. The third kappa shape index (κ3) is 6.58. The molecule has 4 rings (SSSR count). The highest BCUT2D eigenvalue weighted by molar-refractivity contribution is 7.84. The van der Waals surface area contributed by atoms with Gasteiger partial charge in [-0.1, -0.05) is 72.7 Å². The summed E-state index contributed by atoms with van der Waals surface area (Å²) in [6.45, 7) is 4.40. The monoisotopic (exact) mass is 615 g/mol. The quantitative estimate of drug-likeness (QED) is 0.0949. The van der Waals surface area contributed by atoms with Gasteiger partial charge in [0.2, 0.25) is 5.60 Å². The maximum absolute atomic E-state index is 13.4. The fourth-order valence-electron chi connectivity index (χ4n) is 4.20. The van der Waals surface area contributed by atoms with Crippen LogP contribution in [0.2, 0.25) is 0 Å². The van der Waals surface area contributed by atoms with Crippen LogP contribution < -0.4 is 11.1 Å². The minimum Gasteiger partial charge on any atom is -0.450 e. The van der Waals surface area contributed by atoms with Crippen LogP contribution in [-0.2, 0) is 34.3 Å². The van der Waals surface area contributed by atoms with Gasteiger partial charge in [0.15, 0.2) is 16.9 Å². The van der Waals surface area contributed by atoms with Crippen LogP contribution in [-0.4, -0.2) is 63.4 Å². The molecule has 2 amide bonds. The van der Waals surface area contributed by atoms with Crippen molar-refractivity contribution in [2.45, 2.75) is 51.0 Å². The molecule has 4 N–H and O–H groups in total. The summed E-state index contributed by atoms with van der Waals surface area (Å²) in [5.74, 6) is -2.75. The molecule has 15 heteroatoms. The average molecular weight is 616 g/mol. The molecule has 13 nitrogen and oxygen atoms in total. The Morgan fingerprint density at radius 3 is 2.19 bits per heavy atom. The van der Waals surface area contributed by atoms with Crippen molar-refractivity contribution in [3.63, 3.8) is 0 Å². The van der Waals surface area contributed by atoms with Crippen molar-refractivity contribution in [1.82, 2.24) is 14.6 Å². The van der Waals surface area contributed by atoms with Crippen molar-refractivity contribution in [3.8, 4) is 0 Å². The zero-order chi connectivity index (χ0) is 30.7. The second-order valence-corrected chi connectivity index (χ2v) is 11.9. The van der Waals surface area contributed by atoms with E-state index in [0.29, 0.717) is 4.31 Å². The summed E-state index contributed by atoms with van der Waals surface area (Å²) in [4.78, 5) is 48.6. The lowest BCUT2D eigenvalue weighted by Gasteiger charge is -2.43. The van der Waals surface area contributed by atoms with Crippen LogP contribution in [0.3, 0.4) is 0 Å². The average Bonchev–Trinajstić information content (AvgIpc) is 3.38. The summed E-state index contributed by atoms with van der Waals surface area (Å²) in [6, 6.07) is 16.0. The number of amides is 2. The Hall–Kier alpha value is -4.34. The number of hydrogen-bond acceptors (Lipinski definition) is 11. The van der Waals surface area contributed by atoms with E-state index in [-0.39, 0.29) is 17.2 Å².